The fraction of sp³-hybridized carbons (Fsp3) is 0.481. The Hall–Kier alpha value is -6.68. The van der Waals surface area contributed by atoms with Crippen LogP contribution in [-0.4, -0.2) is 185 Å². The SMILES string of the molecule is Cc1nn(-c2ccc(C(N)=O)c(NCCCOCCOCCOCCOCCOCCCN(Cc3ccc(C(/C=C/C4=[N+](CCCCS(=O)(=O)O)c5ccccc5C4(C)C)=C/C=C4/N(CCCCS(=O)(=O)[O-])c5ccccc5C4(C)C)cc3)Cc3ccc[c]([Sn]([CH3])([CH3])[CH3])c3)c2)c2c1C(=O)CC(C)(C)C2. The third-order valence-electron chi connectivity index (χ3n) is 19.7. The molecule has 1 amide bonds. The summed E-state index contributed by atoms with van der Waals surface area (Å²) >= 11 is -2.38. The van der Waals surface area contributed by atoms with Crippen LogP contribution in [-0.2, 0) is 74.3 Å². The Labute approximate surface area is 621 Å². The number of aryl methyl sites for hydroxylation is 1. The number of allylic oxidation sites excluding steroid dienone is 6. The summed E-state index contributed by atoms with van der Waals surface area (Å²) in [6, 6.07) is 40.0. The minimum atomic E-state index is -4.35. The van der Waals surface area contributed by atoms with E-state index in [-0.39, 0.29) is 23.4 Å². The maximum absolute atomic E-state index is 13.0. The summed E-state index contributed by atoms with van der Waals surface area (Å²) in [4.78, 5) is 37.5. The summed E-state index contributed by atoms with van der Waals surface area (Å²) in [6.07, 6.45) is 13.1. The Kier molecular flexibility index (Phi) is 28.8. The second-order valence-electron chi connectivity index (χ2n) is 30.3. The number of carbonyl (C=O) groups excluding carboxylic acids is 2. The number of hydrogen-bond acceptors (Lipinski definition) is 16. The zero-order valence-corrected chi connectivity index (χ0v) is 67.1. The largest absolute Gasteiger partial charge is 0.294 e. The van der Waals surface area contributed by atoms with Crippen LogP contribution in [0.25, 0.3) is 11.3 Å². The molecule has 0 unspecified atom stereocenters. The zero-order chi connectivity index (χ0) is 74.9. The average Bonchev–Trinajstić information content (AvgIpc) is 1.61. The Bertz CT molecular complexity index is 4310. The van der Waals surface area contributed by atoms with Gasteiger partial charge in [0.2, 0.25) is 5.69 Å². The molecule has 0 spiro atoms. The number of benzene rings is 5. The summed E-state index contributed by atoms with van der Waals surface area (Å²) in [7, 11) is -8.45. The summed E-state index contributed by atoms with van der Waals surface area (Å²) in [5.74, 6) is -1.14. The van der Waals surface area contributed by atoms with Gasteiger partial charge >= 0.3 is 180 Å². The summed E-state index contributed by atoms with van der Waals surface area (Å²) in [6.45, 7) is 23.4. The molecule has 6 aromatic rings. The standard InChI is InChI=1S/C78H100N7O13S2.3CH3.Sn/c1-58-74-70(54-76(2,3)55-71(74)86)85(81-58)63-33-34-64(75(79)87)67(53-63)80-37-19-41-94-43-45-96-47-49-98-50-48-97-46-44-95-42-20-38-82(56-59-21-9-8-10-22-59)57-60-27-29-61(30-28-60)62(31-35-72-77(4,5)65-23-11-13-25-68(65)83(72)39-15-17-51-99(88,89)90)32-36-73-78(6,7)66-24-12-14-26-69(66)84(73)40-16-18-52-100(91,92)93;;;;/h8-9,11-14,21-36,53H,15-20,37-52,54-57H2,1-7H3,(H4-,79,80,87,88,89,90,91,92,93);3*1H3;. The smallest absolute Gasteiger partial charge is 0.167 e. The van der Waals surface area contributed by atoms with E-state index in [4.69, 9.17) is 34.5 Å². The van der Waals surface area contributed by atoms with E-state index in [0.29, 0.717) is 147 Å². The van der Waals surface area contributed by atoms with Crippen molar-refractivity contribution in [1.82, 2.24) is 14.7 Å². The van der Waals surface area contributed by atoms with Gasteiger partial charge in [-0.15, -0.1) is 0 Å². The molecule has 0 atom stereocenters. The topological polar surface area (TPSA) is 257 Å². The number of primary amides is 1. The van der Waals surface area contributed by atoms with Crippen molar-refractivity contribution >= 4 is 82.2 Å². The molecule has 0 saturated heterocycles. The number of para-hydroxylation sites is 2. The molecule has 562 valence electrons. The predicted octanol–water partition coefficient (Wildman–Crippen LogP) is 12.6. The molecule has 0 fully saturated rings. The van der Waals surface area contributed by atoms with E-state index in [9.17, 15) is 35.5 Å². The van der Waals surface area contributed by atoms with E-state index in [1.54, 1.807) is 6.07 Å². The van der Waals surface area contributed by atoms with Crippen LogP contribution in [0.4, 0.5) is 17.1 Å². The van der Waals surface area contributed by atoms with Crippen molar-refractivity contribution in [3.8, 4) is 5.69 Å². The number of hydrogen-bond donors (Lipinski definition) is 3. The number of ketones is 1. The molecule has 1 aliphatic carbocycles. The molecule has 4 N–H and O–H groups in total. The number of aromatic nitrogens is 2. The minimum absolute atomic E-state index is 0.106. The minimum Gasteiger partial charge on any atom is -0.294 e. The van der Waals surface area contributed by atoms with Gasteiger partial charge in [0.15, 0.2) is 11.5 Å². The van der Waals surface area contributed by atoms with Crippen LogP contribution in [0.1, 0.15) is 146 Å². The molecule has 0 radical (unpaired) electrons. The Morgan fingerprint density at radius 1 is 0.712 bits per heavy atom. The van der Waals surface area contributed by atoms with E-state index >= 15 is 0 Å². The molecular weight excluding hydrogens is 1460 g/mol. The first-order valence-corrected chi connectivity index (χ1v) is 49.8. The van der Waals surface area contributed by atoms with Gasteiger partial charge in [0.05, 0.1) is 89.1 Å². The number of rotatable bonds is 42. The van der Waals surface area contributed by atoms with E-state index in [2.05, 4.69) is 173 Å². The van der Waals surface area contributed by atoms with Crippen molar-refractivity contribution in [2.24, 2.45) is 11.1 Å². The van der Waals surface area contributed by atoms with E-state index in [0.717, 1.165) is 76.9 Å². The molecule has 0 bridgehead atoms. The first kappa shape index (κ1) is 81.4. The van der Waals surface area contributed by atoms with Gasteiger partial charge in [0.25, 0.3) is 16.0 Å². The Balaban J connectivity index is 0.763. The zero-order valence-electron chi connectivity index (χ0n) is 62.6. The molecule has 23 heteroatoms. The number of ether oxygens (including phenoxy) is 5. The number of fused-ring (bicyclic) bond motifs is 3. The molecule has 20 nitrogen and oxygen atoms in total. The fourth-order valence-corrected chi connectivity index (χ4v) is 18.9. The van der Waals surface area contributed by atoms with Crippen LogP contribution in [0.3, 0.4) is 0 Å². The number of nitrogens with zero attached hydrogens (tertiary/aromatic N) is 5. The number of carbonyl (C=O) groups is 2. The van der Waals surface area contributed by atoms with Crippen molar-refractivity contribution in [2.75, 3.05) is 114 Å². The van der Waals surface area contributed by atoms with Gasteiger partial charge in [-0.2, -0.15) is 18.1 Å². The van der Waals surface area contributed by atoms with Crippen molar-refractivity contribution < 1.29 is 63.8 Å². The van der Waals surface area contributed by atoms with E-state index < -0.39 is 61.1 Å². The van der Waals surface area contributed by atoms with Crippen LogP contribution >= 0.6 is 0 Å². The van der Waals surface area contributed by atoms with Gasteiger partial charge in [0.1, 0.15) is 6.54 Å². The van der Waals surface area contributed by atoms with E-state index in [1.807, 2.05) is 48.0 Å². The monoisotopic (exact) mass is 1570 g/mol. The number of nitrogens with two attached hydrogens (primary N) is 1. The maximum atomic E-state index is 13.0. The third-order valence-corrected chi connectivity index (χ3v) is 27.1. The van der Waals surface area contributed by atoms with E-state index in [1.165, 1.54) is 20.3 Å². The normalized spacial score (nSPS) is 16.1. The molecule has 2 aliphatic heterocycles. The third kappa shape index (κ3) is 22.7. The second-order valence-corrected chi connectivity index (χ2v) is 47.9. The molecule has 3 aliphatic rings. The first-order valence-electron chi connectivity index (χ1n) is 36.6. The van der Waals surface area contributed by atoms with Crippen molar-refractivity contribution in [3.05, 3.63) is 196 Å². The van der Waals surface area contributed by atoms with Crippen LogP contribution < -0.4 is 19.5 Å². The van der Waals surface area contributed by atoms with Gasteiger partial charge in [-0.1, -0.05) is 64.1 Å². The Morgan fingerprint density at radius 3 is 1.99 bits per heavy atom. The van der Waals surface area contributed by atoms with Crippen molar-refractivity contribution in [2.45, 2.75) is 139 Å². The molecule has 5 aromatic carbocycles. The van der Waals surface area contributed by atoms with Gasteiger partial charge in [-0.3, -0.25) is 14.1 Å². The van der Waals surface area contributed by atoms with Gasteiger partial charge < -0.3 is 34.7 Å². The number of unbranched alkanes of at least 4 members (excludes halogenated alkanes) is 2. The quantitative estimate of drug-likeness (QED) is 0.0106. The second kappa shape index (κ2) is 36.7. The summed E-state index contributed by atoms with van der Waals surface area (Å²) < 4.78 is 103. The van der Waals surface area contributed by atoms with Gasteiger partial charge in [-0.05, 0) is 94.2 Å². The number of Topliss-reactive ketones (excluding diaryl/α,β-unsaturated/α-hetero) is 1. The fourth-order valence-electron chi connectivity index (χ4n) is 14.3. The summed E-state index contributed by atoms with van der Waals surface area (Å²) in [5.41, 5.74) is 19.8. The molecule has 3 heterocycles. The Morgan fingerprint density at radius 2 is 1.34 bits per heavy atom. The number of nitrogens with one attached hydrogen (secondary N) is 1. The maximum Gasteiger partial charge on any atom is 0.167 e. The van der Waals surface area contributed by atoms with Crippen molar-refractivity contribution in [3.63, 3.8) is 0 Å². The molecule has 9 rings (SSSR count). The first-order chi connectivity index (χ1) is 49.4. The number of amides is 1. The molecule has 1 aromatic heterocycles. The van der Waals surface area contributed by atoms with Crippen LogP contribution in [0.15, 0.2) is 145 Å². The number of anilines is 2. The van der Waals surface area contributed by atoms with Crippen LogP contribution in [0, 0.1) is 12.3 Å². The van der Waals surface area contributed by atoms with Crippen LogP contribution in [0.2, 0.25) is 14.8 Å². The molecular formula is C81H109N7O13S2Sn. The molecule has 0 saturated carbocycles. The summed E-state index contributed by atoms with van der Waals surface area (Å²) in [5, 5.41) is 8.08. The van der Waals surface area contributed by atoms with Gasteiger partial charge in [-0.25, -0.2) is 13.1 Å². The van der Waals surface area contributed by atoms with Crippen molar-refractivity contribution in [1.29, 1.82) is 0 Å². The predicted molar refractivity (Wildman–Crippen MR) is 416 cm³/mol. The van der Waals surface area contributed by atoms with Gasteiger partial charge in [0, 0.05) is 78.5 Å². The molecule has 104 heavy (non-hydrogen) atoms. The van der Waals surface area contributed by atoms with Crippen LogP contribution in [0.5, 0.6) is 0 Å². The average molecular weight is 1570 g/mol.